The zero-order valence-electron chi connectivity index (χ0n) is 22.8. The Morgan fingerprint density at radius 3 is 2.65 bits per heavy atom. The first kappa shape index (κ1) is 26.0. The zero-order chi connectivity index (χ0) is 27.5. The molecule has 2 aliphatic heterocycles. The van der Waals surface area contributed by atoms with Gasteiger partial charge in [-0.15, -0.1) is 0 Å². The number of rotatable bonds is 8. The molecule has 8 heteroatoms. The Labute approximate surface area is 234 Å². The minimum atomic E-state index is -0.110. The second-order valence-corrected chi connectivity index (χ2v) is 10.3. The fourth-order valence-electron chi connectivity index (χ4n) is 5.53. The van der Waals surface area contributed by atoms with Crippen molar-refractivity contribution >= 4 is 33.9 Å². The fourth-order valence-corrected chi connectivity index (χ4v) is 5.53. The molecule has 4 N–H and O–H groups in total. The van der Waals surface area contributed by atoms with Crippen molar-refractivity contribution in [3.63, 3.8) is 0 Å². The zero-order valence-corrected chi connectivity index (χ0v) is 22.8. The Morgan fingerprint density at radius 2 is 1.85 bits per heavy atom. The molecule has 0 radical (unpaired) electrons. The fraction of sp³-hybridized carbons (Fsp3) is 0.281. The summed E-state index contributed by atoms with van der Waals surface area (Å²) in [5, 5.41) is 2.01. The summed E-state index contributed by atoms with van der Waals surface area (Å²) < 4.78 is 17.5. The van der Waals surface area contributed by atoms with E-state index in [4.69, 9.17) is 25.7 Å². The van der Waals surface area contributed by atoms with Crippen LogP contribution in [0.4, 0.5) is 17.1 Å². The normalized spacial score (nSPS) is 15.7. The summed E-state index contributed by atoms with van der Waals surface area (Å²) in [6.07, 6.45) is 8.44. The predicted molar refractivity (Wildman–Crippen MR) is 161 cm³/mol. The van der Waals surface area contributed by atoms with E-state index in [9.17, 15) is 0 Å². The monoisotopic (exact) mass is 537 g/mol. The van der Waals surface area contributed by atoms with Gasteiger partial charge in [-0.3, -0.25) is 4.98 Å². The smallest absolute Gasteiger partial charge is 0.150 e. The molecule has 1 saturated heterocycles. The first-order valence-corrected chi connectivity index (χ1v) is 13.7. The molecular formula is C32H35N5O3. The molecule has 8 nitrogen and oxygen atoms in total. The lowest BCUT2D eigenvalue weighted by molar-refractivity contribution is 0.122. The van der Waals surface area contributed by atoms with Crippen LogP contribution in [-0.4, -0.2) is 51.0 Å². The van der Waals surface area contributed by atoms with Crippen LogP contribution in [-0.2, 0) is 17.7 Å². The number of hydrogen-bond acceptors (Lipinski definition) is 8. The van der Waals surface area contributed by atoms with Crippen molar-refractivity contribution in [2.75, 3.05) is 55.6 Å². The van der Waals surface area contributed by atoms with Crippen LogP contribution in [0.3, 0.4) is 0 Å². The molecule has 0 bridgehead atoms. The Morgan fingerprint density at radius 1 is 1.02 bits per heavy atom. The minimum Gasteiger partial charge on any atom is -0.494 e. The number of fused-ring (bicyclic) bond motifs is 2. The first-order valence-electron chi connectivity index (χ1n) is 13.7. The van der Waals surface area contributed by atoms with Gasteiger partial charge in [-0.05, 0) is 41.8 Å². The van der Waals surface area contributed by atoms with E-state index in [0.29, 0.717) is 32.1 Å². The second kappa shape index (κ2) is 11.5. The standard InChI is InChI=1S/C32H35N5O3/c1-38-32-29-16-23-20-37(10-9-27(23)31(34)28(29)7-8-30(32)36-11-13-39-14-12-36)25-17-26(19-35-18-25)40-21-24(33)15-22-5-3-2-4-6-22/h2-10,16-19,24H,11-15,20-21,33-34H2,1H3/t24-/m1/s1. The number of morpholine rings is 1. The molecule has 1 fully saturated rings. The molecule has 3 heterocycles. The van der Waals surface area contributed by atoms with Crippen LogP contribution < -0.4 is 30.7 Å². The van der Waals surface area contributed by atoms with Crippen molar-refractivity contribution in [2.24, 2.45) is 5.73 Å². The van der Waals surface area contributed by atoms with Crippen molar-refractivity contribution in [1.29, 1.82) is 0 Å². The Bertz CT molecular complexity index is 1520. The van der Waals surface area contributed by atoms with Crippen LogP contribution >= 0.6 is 0 Å². The molecule has 0 aliphatic carbocycles. The molecule has 0 amide bonds. The molecular weight excluding hydrogens is 502 g/mol. The molecule has 6 rings (SSSR count). The van der Waals surface area contributed by atoms with Crippen LogP contribution in [0.15, 0.2) is 73.2 Å². The van der Waals surface area contributed by atoms with Crippen LogP contribution in [0.5, 0.6) is 11.5 Å². The number of nitrogens with two attached hydrogens (primary N) is 2. The van der Waals surface area contributed by atoms with Gasteiger partial charge < -0.3 is 35.5 Å². The number of anilines is 3. The summed E-state index contributed by atoms with van der Waals surface area (Å²) in [6.45, 7) is 4.15. The third kappa shape index (κ3) is 5.28. The van der Waals surface area contributed by atoms with E-state index in [-0.39, 0.29) is 6.04 Å². The highest BCUT2D eigenvalue weighted by molar-refractivity contribution is 6.04. The van der Waals surface area contributed by atoms with Crippen molar-refractivity contribution in [1.82, 2.24) is 4.98 Å². The van der Waals surface area contributed by atoms with Crippen molar-refractivity contribution in [2.45, 2.75) is 19.0 Å². The van der Waals surface area contributed by atoms with Gasteiger partial charge in [0.25, 0.3) is 0 Å². The lowest BCUT2D eigenvalue weighted by atomic mass is 9.95. The number of methoxy groups -OCH3 is 1. The Hall–Kier alpha value is -4.27. The number of nitrogens with zero attached hydrogens (tertiary/aromatic N) is 3. The summed E-state index contributed by atoms with van der Waals surface area (Å²) in [7, 11) is 1.73. The van der Waals surface area contributed by atoms with Crippen molar-refractivity contribution in [3.05, 3.63) is 89.9 Å². The molecule has 206 valence electrons. The van der Waals surface area contributed by atoms with Crippen molar-refractivity contribution in [3.8, 4) is 11.5 Å². The molecule has 40 heavy (non-hydrogen) atoms. The number of aromatic nitrogens is 1. The predicted octanol–water partition coefficient (Wildman–Crippen LogP) is 4.60. The largest absolute Gasteiger partial charge is 0.494 e. The van der Waals surface area contributed by atoms with Crippen LogP contribution in [0.2, 0.25) is 0 Å². The molecule has 4 aromatic rings. The van der Waals surface area contributed by atoms with Gasteiger partial charge in [-0.1, -0.05) is 30.3 Å². The van der Waals surface area contributed by atoms with Gasteiger partial charge in [0.05, 0.1) is 44.1 Å². The quantitative estimate of drug-likeness (QED) is 0.315. The van der Waals surface area contributed by atoms with E-state index in [1.54, 1.807) is 13.3 Å². The molecule has 1 atom stereocenters. The molecule has 0 saturated carbocycles. The Kier molecular flexibility index (Phi) is 7.44. The number of hydrogen-bond donors (Lipinski definition) is 2. The average molecular weight is 538 g/mol. The lowest BCUT2D eigenvalue weighted by Crippen LogP contribution is -2.36. The van der Waals surface area contributed by atoms with Gasteiger partial charge in [-0.2, -0.15) is 0 Å². The highest BCUT2D eigenvalue weighted by Gasteiger charge is 2.22. The van der Waals surface area contributed by atoms with Crippen LogP contribution in [0, 0.1) is 0 Å². The molecule has 0 spiro atoms. The number of ether oxygens (including phenoxy) is 3. The SMILES string of the molecule is COc1c(N2CCOCC2)ccc2c(N)c3c(cc12)CN(c1cncc(OC[C@H](N)Cc2ccccc2)c1)C=C3. The van der Waals surface area contributed by atoms with Crippen molar-refractivity contribution < 1.29 is 14.2 Å². The average Bonchev–Trinajstić information content (AvgIpc) is 3.00. The lowest BCUT2D eigenvalue weighted by Gasteiger charge is -2.31. The third-order valence-corrected chi connectivity index (χ3v) is 7.57. The van der Waals surface area contributed by atoms with Crippen LogP contribution in [0.1, 0.15) is 16.7 Å². The first-order chi connectivity index (χ1) is 19.6. The summed E-state index contributed by atoms with van der Waals surface area (Å²) in [5.74, 6) is 1.54. The second-order valence-electron chi connectivity index (χ2n) is 10.3. The van der Waals surface area contributed by atoms with E-state index < -0.39 is 0 Å². The maximum absolute atomic E-state index is 6.72. The van der Waals surface area contributed by atoms with Gasteiger partial charge in [0, 0.05) is 60.0 Å². The maximum atomic E-state index is 6.72. The van der Waals surface area contributed by atoms with Crippen LogP contribution in [0.25, 0.3) is 16.8 Å². The molecule has 1 aromatic heterocycles. The van der Waals surface area contributed by atoms with Gasteiger partial charge in [-0.25, -0.2) is 0 Å². The van der Waals surface area contributed by atoms with E-state index in [1.807, 2.05) is 36.7 Å². The highest BCUT2D eigenvalue weighted by Crippen LogP contribution is 2.42. The number of benzene rings is 3. The summed E-state index contributed by atoms with van der Waals surface area (Å²) in [5.41, 5.74) is 19.2. The molecule has 3 aromatic carbocycles. The van der Waals surface area contributed by atoms with E-state index >= 15 is 0 Å². The van der Waals surface area contributed by atoms with Gasteiger partial charge in [0.15, 0.2) is 0 Å². The summed E-state index contributed by atoms with van der Waals surface area (Å²) in [4.78, 5) is 8.89. The van der Waals surface area contributed by atoms with E-state index in [1.165, 1.54) is 5.56 Å². The third-order valence-electron chi connectivity index (χ3n) is 7.57. The highest BCUT2D eigenvalue weighted by atomic mass is 16.5. The molecule has 0 unspecified atom stereocenters. The minimum absolute atomic E-state index is 0.110. The summed E-state index contributed by atoms with van der Waals surface area (Å²) >= 11 is 0. The number of pyridine rings is 1. The Balaban J connectivity index is 1.22. The van der Waals surface area contributed by atoms with E-state index in [0.717, 1.165) is 64.2 Å². The van der Waals surface area contributed by atoms with Gasteiger partial charge in [0.2, 0.25) is 0 Å². The van der Waals surface area contributed by atoms with Gasteiger partial charge >= 0.3 is 0 Å². The number of nitrogen functional groups attached to an aromatic ring is 1. The summed E-state index contributed by atoms with van der Waals surface area (Å²) in [6, 6.07) is 18.5. The maximum Gasteiger partial charge on any atom is 0.150 e. The molecule has 2 aliphatic rings. The van der Waals surface area contributed by atoms with Gasteiger partial charge in [0.1, 0.15) is 18.1 Å². The van der Waals surface area contributed by atoms with E-state index in [2.05, 4.69) is 51.2 Å². The topological polar surface area (TPSA) is 99.1 Å².